The molecule has 1 saturated carbocycles. The highest BCUT2D eigenvalue weighted by Gasteiger charge is 2.32. The van der Waals surface area contributed by atoms with Crippen molar-refractivity contribution >= 4 is 0 Å². The molecular weight excluding hydrogens is 223 g/mol. The van der Waals surface area contributed by atoms with Gasteiger partial charge in [-0.15, -0.1) is 0 Å². The molecule has 16 heavy (non-hydrogen) atoms. The summed E-state index contributed by atoms with van der Waals surface area (Å²) in [6, 6.07) is 0.0861. The lowest BCUT2D eigenvalue weighted by molar-refractivity contribution is -0.128. The Labute approximate surface area is 90.0 Å². The van der Waals surface area contributed by atoms with E-state index in [1.807, 2.05) is 0 Å². The van der Waals surface area contributed by atoms with Gasteiger partial charge in [-0.25, -0.2) is 0 Å². The van der Waals surface area contributed by atoms with Crippen molar-refractivity contribution < 1.29 is 17.7 Å². The Morgan fingerprint density at radius 1 is 1.38 bits per heavy atom. The van der Waals surface area contributed by atoms with Gasteiger partial charge in [0.05, 0.1) is 0 Å². The molecule has 1 aromatic rings. The summed E-state index contributed by atoms with van der Waals surface area (Å²) in [6.07, 6.45) is -3.09. The van der Waals surface area contributed by atoms with Crippen LogP contribution in [0.15, 0.2) is 4.52 Å². The van der Waals surface area contributed by atoms with Crippen molar-refractivity contribution in [3.8, 4) is 0 Å². The maximum atomic E-state index is 12.0. The fourth-order valence-corrected chi connectivity index (χ4v) is 1.93. The highest BCUT2D eigenvalue weighted by molar-refractivity contribution is 4.99. The molecule has 0 aliphatic heterocycles. The molecule has 1 heterocycles. The van der Waals surface area contributed by atoms with Crippen molar-refractivity contribution in [1.29, 1.82) is 0 Å². The van der Waals surface area contributed by atoms with Gasteiger partial charge in [0.2, 0.25) is 5.89 Å². The largest absolute Gasteiger partial charge is 0.396 e. The van der Waals surface area contributed by atoms with E-state index in [0.717, 1.165) is 12.8 Å². The standard InChI is InChI=1S/C9H12F3N3O/c10-9(11,12)4-7-14-8(16-15-7)5-1-2-6(13)3-5/h5-6H,1-4,13H2/t5-,6+/m1/s1. The summed E-state index contributed by atoms with van der Waals surface area (Å²) < 4.78 is 41.0. The summed E-state index contributed by atoms with van der Waals surface area (Å²) in [5, 5.41) is 3.32. The third-order valence-corrected chi connectivity index (χ3v) is 2.66. The SMILES string of the molecule is N[C@H]1CC[C@@H](c2nc(CC(F)(F)F)no2)C1. The number of hydrogen-bond acceptors (Lipinski definition) is 4. The minimum Gasteiger partial charge on any atom is -0.339 e. The summed E-state index contributed by atoms with van der Waals surface area (Å²) in [5.41, 5.74) is 5.70. The van der Waals surface area contributed by atoms with E-state index in [0.29, 0.717) is 6.42 Å². The molecule has 1 aliphatic rings. The maximum Gasteiger partial charge on any atom is 0.396 e. The van der Waals surface area contributed by atoms with Gasteiger partial charge >= 0.3 is 6.18 Å². The fraction of sp³-hybridized carbons (Fsp3) is 0.778. The highest BCUT2D eigenvalue weighted by Crippen LogP contribution is 2.32. The number of nitrogens with two attached hydrogens (primary N) is 1. The van der Waals surface area contributed by atoms with Crippen LogP contribution in [-0.2, 0) is 6.42 Å². The summed E-state index contributed by atoms with van der Waals surface area (Å²) >= 11 is 0. The summed E-state index contributed by atoms with van der Waals surface area (Å²) in [6.45, 7) is 0. The zero-order valence-electron chi connectivity index (χ0n) is 8.50. The number of aromatic nitrogens is 2. The van der Waals surface area contributed by atoms with Crippen LogP contribution in [0.25, 0.3) is 0 Å². The molecule has 1 fully saturated rings. The monoisotopic (exact) mass is 235 g/mol. The minimum absolute atomic E-state index is 0.0180. The Balaban J connectivity index is 2.02. The average molecular weight is 235 g/mol. The molecule has 0 saturated heterocycles. The highest BCUT2D eigenvalue weighted by atomic mass is 19.4. The van der Waals surface area contributed by atoms with E-state index in [1.165, 1.54) is 0 Å². The number of halogens is 3. The van der Waals surface area contributed by atoms with Gasteiger partial charge in [0.1, 0.15) is 6.42 Å². The van der Waals surface area contributed by atoms with Crippen LogP contribution in [0.5, 0.6) is 0 Å². The lowest BCUT2D eigenvalue weighted by atomic mass is 10.1. The van der Waals surface area contributed by atoms with Gasteiger partial charge in [0.25, 0.3) is 0 Å². The van der Waals surface area contributed by atoms with Gasteiger partial charge < -0.3 is 10.3 Å². The second-order valence-electron chi connectivity index (χ2n) is 4.11. The lowest BCUT2D eigenvalue weighted by Gasteiger charge is -2.02. The van der Waals surface area contributed by atoms with E-state index < -0.39 is 12.6 Å². The van der Waals surface area contributed by atoms with Crippen molar-refractivity contribution in [2.45, 2.75) is 43.8 Å². The smallest absolute Gasteiger partial charge is 0.339 e. The fourth-order valence-electron chi connectivity index (χ4n) is 1.93. The van der Waals surface area contributed by atoms with Crippen LogP contribution >= 0.6 is 0 Å². The first-order chi connectivity index (χ1) is 7.44. The number of alkyl halides is 3. The van der Waals surface area contributed by atoms with E-state index in [1.54, 1.807) is 0 Å². The third-order valence-electron chi connectivity index (χ3n) is 2.66. The normalized spacial score (nSPS) is 26.2. The van der Waals surface area contributed by atoms with Crippen molar-refractivity contribution in [2.75, 3.05) is 0 Å². The van der Waals surface area contributed by atoms with Crippen LogP contribution in [-0.4, -0.2) is 22.4 Å². The predicted octanol–water partition coefficient (Wildman–Crippen LogP) is 1.77. The van der Waals surface area contributed by atoms with Gasteiger partial charge in [0, 0.05) is 12.0 Å². The van der Waals surface area contributed by atoms with Crippen LogP contribution in [0.3, 0.4) is 0 Å². The van der Waals surface area contributed by atoms with Gasteiger partial charge in [-0.05, 0) is 19.3 Å². The summed E-state index contributed by atoms with van der Waals surface area (Å²) in [4.78, 5) is 3.76. The van der Waals surface area contributed by atoms with Crippen molar-refractivity contribution in [1.82, 2.24) is 10.1 Å². The van der Waals surface area contributed by atoms with Crippen molar-refractivity contribution in [3.63, 3.8) is 0 Å². The number of rotatable bonds is 2. The van der Waals surface area contributed by atoms with Gasteiger partial charge in [-0.2, -0.15) is 18.2 Å². The molecule has 2 rings (SSSR count). The Morgan fingerprint density at radius 2 is 2.12 bits per heavy atom. The number of hydrogen-bond donors (Lipinski definition) is 1. The Hall–Kier alpha value is -1.11. The molecule has 0 unspecified atom stereocenters. The summed E-state index contributed by atoms with van der Waals surface area (Å²) in [5.74, 6) is -0.000319. The maximum absolute atomic E-state index is 12.0. The third kappa shape index (κ3) is 2.72. The van der Waals surface area contributed by atoms with E-state index in [2.05, 4.69) is 10.1 Å². The van der Waals surface area contributed by atoms with Crippen molar-refractivity contribution in [2.24, 2.45) is 5.73 Å². The average Bonchev–Trinajstić information content (AvgIpc) is 2.71. The molecule has 0 bridgehead atoms. The molecule has 2 atom stereocenters. The minimum atomic E-state index is -4.30. The second kappa shape index (κ2) is 4.04. The van der Waals surface area contributed by atoms with Crippen LogP contribution in [0, 0.1) is 0 Å². The van der Waals surface area contributed by atoms with Crippen LogP contribution < -0.4 is 5.73 Å². The molecule has 90 valence electrons. The van der Waals surface area contributed by atoms with E-state index in [-0.39, 0.29) is 23.7 Å². The number of nitrogens with zero attached hydrogens (tertiary/aromatic N) is 2. The Morgan fingerprint density at radius 3 is 2.69 bits per heavy atom. The molecule has 0 spiro atoms. The predicted molar refractivity (Wildman–Crippen MR) is 48.6 cm³/mol. The van der Waals surface area contributed by atoms with Crippen LogP contribution in [0.2, 0.25) is 0 Å². The summed E-state index contributed by atoms with van der Waals surface area (Å²) in [7, 11) is 0. The first-order valence-corrected chi connectivity index (χ1v) is 5.09. The lowest BCUT2D eigenvalue weighted by Crippen LogP contribution is -2.14. The molecular formula is C9H12F3N3O. The van der Waals surface area contributed by atoms with Gasteiger partial charge in [0.15, 0.2) is 5.82 Å². The first kappa shape index (κ1) is 11.4. The Kier molecular flexibility index (Phi) is 2.88. The molecule has 1 aliphatic carbocycles. The molecule has 4 nitrogen and oxygen atoms in total. The molecule has 7 heteroatoms. The zero-order valence-corrected chi connectivity index (χ0v) is 8.50. The van der Waals surface area contributed by atoms with Crippen molar-refractivity contribution in [3.05, 3.63) is 11.7 Å². The topological polar surface area (TPSA) is 64.9 Å². The molecule has 2 N–H and O–H groups in total. The second-order valence-corrected chi connectivity index (χ2v) is 4.11. The van der Waals surface area contributed by atoms with E-state index >= 15 is 0 Å². The zero-order chi connectivity index (χ0) is 11.8. The first-order valence-electron chi connectivity index (χ1n) is 5.09. The van der Waals surface area contributed by atoms with Gasteiger partial charge in [-0.1, -0.05) is 5.16 Å². The van der Waals surface area contributed by atoms with Gasteiger partial charge in [-0.3, -0.25) is 0 Å². The quantitative estimate of drug-likeness (QED) is 0.848. The van der Waals surface area contributed by atoms with Crippen LogP contribution in [0.1, 0.15) is 36.9 Å². The van der Waals surface area contributed by atoms with E-state index in [4.69, 9.17) is 10.3 Å². The Bertz CT molecular complexity index is 363. The molecule has 0 aromatic carbocycles. The molecule has 0 radical (unpaired) electrons. The molecule has 0 amide bonds. The van der Waals surface area contributed by atoms with Crippen LogP contribution in [0.4, 0.5) is 13.2 Å². The molecule has 1 aromatic heterocycles. The van der Waals surface area contributed by atoms with E-state index in [9.17, 15) is 13.2 Å².